The number of fused-ring (bicyclic) bond motifs is 1. The van der Waals surface area contributed by atoms with Crippen molar-refractivity contribution < 1.29 is 33.0 Å². The highest BCUT2D eigenvalue weighted by Crippen LogP contribution is 2.47. The fourth-order valence-electron chi connectivity index (χ4n) is 4.51. The van der Waals surface area contributed by atoms with Crippen LogP contribution in [0.25, 0.3) is 0 Å². The van der Waals surface area contributed by atoms with Crippen LogP contribution in [0.1, 0.15) is 20.3 Å². The van der Waals surface area contributed by atoms with E-state index in [-0.39, 0.29) is 24.7 Å². The number of hydrogen-bond acceptors (Lipinski definition) is 7. The number of aliphatic carboxylic acids is 1. The maximum absolute atomic E-state index is 12.3. The Hall–Kier alpha value is -2.02. The van der Waals surface area contributed by atoms with Crippen molar-refractivity contribution in [1.29, 1.82) is 0 Å². The lowest BCUT2D eigenvalue weighted by Crippen LogP contribution is -2.63. The molecule has 2 saturated heterocycles. The van der Waals surface area contributed by atoms with Gasteiger partial charge in [-0.05, 0) is 25.5 Å². The number of rotatable bonds is 6. The molecule has 3 heterocycles. The van der Waals surface area contributed by atoms with Gasteiger partial charge in [0.05, 0.1) is 24.0 Å². The van der Waals surface area contributed by atoms with Crippen molar-refractivity contribution in [2.45, 2.75) is 32.4 Å². The van der Waals surface area contributed by atoms with E-state index in [0.29, 0.717) is 18.5 Å². The second-order valence-corrected chi connectivity index (χ2v) is 8.96. The van der Waals surface area contributed by atoms with Gasteiger partial charge in [0.2, 0.25) is 11.8 Å². The number of amides is 2. The minimum atomic E-state index is -4.13. The third-order valence-electron chi connectivity index (χ3n) is 5.80. The first-order chi connectivity index (χ1) is 12.9. The summed E-state index contributed by atoms with van der Waals surface area (Å²) >= 11 is 0. The first-order valence-corrected chi connectivity index (χ1v) is 10.5. The van der Waals surface area contributed by atoms with E-state index in [1.807, 2.05) is 11.8 Å². The average Bonchev–Trinajstić information content (AvgIpc) is 3.09. The number of nitrogens with one attached hydrogen (secondary N) is 1. The van der Waals surface area contributed by atoms with Gasteiger partial charge in [-0.1, -0.05) is 6.92 Å². The molecule has 28 heavy (non-hydrogen) atoms. The summed E-state index contributed by atoms with van der Waals surface area (Å²) in [6.45, 7) is 4.31. The third kappa shape index (κ3) is 3.52. The molecule has 0 aliphatic carbocycles. The normalized spacial score (nSPS) is 31.6. The van der Waals surface area contributed by atoms with Crippen LogP contribution in [-0.2, 0) is 24.6 Å². The summed E-state index contributed by atoms with van der Waals surface area (Å²) in [6, 6.07) is -0.391. The maximum atomic E-state index is 12.3. The number of aliphatic hydroxyl groups is 1. The van der Waals surface area contributed by atoms with Crippen molar-refractivity contribution >= 4 is 28.0 Å². The number of β-lactam (4-membered cyclic amide) rings is 1. The molecule has 0 saturated carbocycles. The van der Waals surface area contributed by atoms with Gasteiger partial charge in [-0.2, -0.15) is 8.42 Å². The summed E-state index contributed by atoms with van der Waals surface area (Å²) in [6.07, 6.45) is -0.461. The fraction of sp³-hybridized carbons (Fsp3) is 0.688. The second-order valence-electron chi connectivity index (χ2n) is 7.66. The molecule has 156 valence electrons. The van der Waals surface area contributed by atoms with Gasteiger partial charge in [0, 0.05) is 19.0 Å². The molecule has 0 radical (unpaired) electrons. The van der Waals surface area contributed by atoms with Crippen LogP contribution >= 0.6 is 0 Å². The first-order valence-electron chi connectivity index (χ1n) is 8.96. The Morgan fingerprint density at radius 3 is 2.57 bits per heavy atom. The molecular formula is C16H24N4O7S. The largest absolute Gasteiger partial charge is 0.477 e. The molecule has 0 aromatic heterocycles. The zero-order chi connectivity index (χ0) is 21.0. The number of nitrogens with two attached hydrogens (primary N) is 1. The molecule has 11 nitrogen and oxygen atoms in total. The minimum absolute atomic E-state index is 0.0585. The van der Waals surface area contributed by atoms with Gasteiger partial charge in [0.15, 0.2) is 0 Å². The van der Waals surface area contributed by atoms with Crippen LogP contribution < -0.4 is 9.86 Å². The Bertz CT molecular complexity index is 853. The van der Waals surface area contributed by atoms with Crippen molar-refractivity contribution in [1.82, 2.24) is 14.5 Å². The number of carbonyl (C=O) groups is 3. The molecule has 2 amide bonds. The van der Waals surface area contributed by atoms with E-state index in [9.17, 15) is 33.0 Å². The molecule has 3 aliphatic rings. The first kappa shape index (κ1) is 20.7. The monoisotopic (exact) mass is 416 g/mol. The van der Waals surface area contributed by atoms with E-state index in [1.54, 1.807) is 4.72 Å². The predicted molar refractivity (Wildman–Crippen MR) is 95.4 cm³/mol. The Morgan fingerprint density at radius 1 is 1.39 bits per heavy atom. The predicted octanol–water partition coefficient (Wildman–Crippen LogP) is -2.18. The number of nitrogens with zero attached hydrogens (tertiary/aromatic N) is 2. The Labute approximate surface area is 162 Å². The van der Waals surface area contributed by atoms with Crippen molar-refractivity contribution in [3.05, 3.63) is 11.3 Å². The summed E-state index contributed by atoms with van der Waals surface area (Å²) in [5, 5.41) is 24.3. The molecule has 5 N–H and O–H groups in total. The minimum Gasteiger partial charge on any atom is -0.477 e. The van der Waals surface area contributed by atoms with Crippen LogP contribution in [0.15, 0.2) is 11.3 Å². The molecule has 3 aliphatic heterocycles. The standard InChI is InChI=1S/C16H24N4O7S/c1-7-10(6-19-4-3-9(5-19)14(22)18-28(17,26)27)13(16(24)25)20-12(7)11(8(2)21)15(20)23/h7-9,11-12,21H,3-6H2,1-2H3,(H,18,22)(H,24,25)(H2,17,26,27)/t7-,8+,9-,11+,12+/m0/s1. The highest BCUT2D eigenvalue weighted by molar-refractivity contribution is 7.87. The lowest BCUT2D eigenvalue weighted by atomic mass is 9.77. The number of aliphatic hydroxyl groups excluding tert-OH is 1. The summed E-state index contributed by atoms with van der Waals surface area (Å²) < 4.78 is 23.8. The van der Waals surface area contributed by atoms with Crippen molar-refractivity contribution in [3.63, 3.8) is 0 Å². The molecule has 0 unspecified atom stereocenters. The van der Waals surface area contributed by atoms with Gasteiger partial charge < -0.3 is 15.1 Å². The molecule has 0 aromatic carbocycles. The SMILES string of the molecule is C[C@@H](O)[C@H]1C(=O)N2C(C(=O)O)=C(CN3CC[C@H](C(=O)NS(N)(=O)=O)C3)[C@H](C)[C@H]12. The summed E-state index contributed by atoms with van der Waals surface area (Å²) in [4.78, 5) is 39.2. The van der Waals surface area contributed by atoms with E-state index in [1.165, 1.54) is 11.8 Å². The Balaban J connectivity index is 1.74. The van der Waals surface area contributed by atoms with Gasteiger partial charge in [-0.3, -0.25) is 14.5 Å². The van der Waals surface area contributed by atoms with Crippen molar-refractivity contribution in [2.24, 2.45) is 22.9 Å². The smallest absolute Gasteiger partial charge is 0.352 e. The number of carboxylic acid groups (broad SMARTS) is 1. The van der Waals surface area contributed by atoms with E-state index in [2.05, 4.69) is 0 Å². The van der Waals surface area contributed by atoms with Crippen LogP contribution in [0.4, 0.5) is 0 Å². The van der Waals surface area contributed by atoms with E-state index < -0.39 is 52.0 Å². The molecular weight excluding hydrogens is 392 g/mol. The number of hydrogen-bond donors (Lipinski definition) is 4. The number of likely N-dealkylation sites (tertiary alicyclic amines) is 1. The molecule has 3 rings (SSSR count). The summed E-state index contributed by atoms with van der Waals surface area (Å²) in [5.41, 5.74) is 0.512. The molecule has 0 aromatic rings. The second kappa shape index (κ2) is 7.10. The van der Waals surface area contributed by atoms with Crippen LogP contribution in [0.3, 0.4) is 0 Å². The molecule has 0 bridgehead atoms. The zero-order valence-corrected chi connectivity index (χ0v) is 16.3. The molecule has 2 fully saturated rings. The van der Waals surface area contributed by atoms with Crippen LogP contribution in [-0.4, -0.2) is 78.0 Å². The zero-order valence-electron chi connectivity index (χ0n) is 15.5. The molecule has 12 heteroatoms. The average molecular weight is 416 g/mol. The summed E-state index contributed by atoms with van der Waals surface area (Å²) in [5.74, 6) is -3.75. The Kier molecular flexibility index (Phi) is 5.25. The highest BCUT2D eigenvalue weighted by atomic mass is 32.2. The van der Waals surface area contributed by atoms with E-state index in [4.69, 9.17) is 5.14 Å². The number of carboxylic acids is 1. The van der Waals surface area contributed by atoms with Crippen LogP contribution in [0, 0.1) is 17.8 Å². The van der Waals surface area contributed by atoms with Crippen molar-refractivity contribution in [3.8, 4) is 0 Å². The van der Waals surface area contributed by atoms with E-state index in [0.717, 1.165) is 0 Å². The lowest BCUT2D eigenvalue weighted by molar-refractivity contribution is -0.163. The van der Waals surface area contributed by atoms with E-state index >= 15 is 0 Å². The van der Waals surface area contributed by atoms with Gasteiger partial charge in [-0.25, -0.2) is 14.7 Å². The number of carbonyl (C=O) groups excluding carboxylic acids is 2. The van der Waals surface area contributed by atoms with Crippen molar-refractivity contribution in [2.75, 3.05) is 19.6 Å². The third-order valence-corrected chi connectivity index (χ3v) is 6.28. The highest BCUT2D eigenvalue weighted by Gasteiger charge is 2.59. The van der Waals surface area contributed by atoms with Crippen LogP contribution in [0.2, 0.25) is 0 Å². The van der Waals surface area contributed by atoms with Gasteiger partial charge in [-0.15, -0.1) is 0 Å². The Morgan fingerprint density at radius 2 is 2.04 bits per heavy atom. The topological polar surface area (TPSA) is 170 Å². The van der Waals surface area contributed by atoms with Gasteiger partial charge in [0.25, 0.3) is 10.2 Å². The maximum Gasteiger partial charge on any atom is 0.352 e. The van der Waals surface area contributed by atoms with Crippen LogP contribution in [0.5, 0.6) is 0 Å². The van der Waals surface area contributed by atoms with Gasteiger partial charge >= 0.3 is 5.97 Å². The molecule has 5 atom stereocenters. The molecule has 0 spiro atoms. The van der Waals surface area contributed by atoms with Gasteiger partial charge in [0.1, 0.15) is 5.70 Å². The quantitative estimate of drug-likeness (QED) is 0.354. The summed E-state index contributed by atoms with van der Waals surface area (Å²) in [7, 11) is -4.13. The fourth-order valence-corrected chi connectivity index (χ4v) is 4.96. The lowest BCUT2D eigenvalue weighted by Gasteiger charge is -2.46.